The Balaban J connectivity index is 1.49. The SMILES string of the molecule is C[C@H]1C[C@H]1C(=O)NCCC(=O)Nn1cnc2ccccc21. The maximum atomic E-state index is 11.9. The van der Waals surface area contributed by atoms with Crippen molar-refractivity contribution in [3.05, 3.63) is 30.6 Å². The average Bonchev–Trinajstić information content (AvgIpc) is 3.07. The number of amides is 2. The van der Waals surface area contributed by atoms with Crippen LogP contribution in [0.15, 0.2) is 30.6 Å². The molecule has 2 aromatic rings. The third kappa shape index (κ3) is 3.04. The van der Waals surface area contributed by atoms with Gasteiger partial charge in [-0.05, 0) is 24.5 Å². The number of carbonyl (C=O) groups excluding carboxylic acids is 2. The van der Waals surface area contributed by atoms with Gasteiger partial charge in [-0.15, -0.1) is 0 Å². The van der Waals surface area contributed by atoms with E-state index in [1.54, 1.807) is 11.0 Å². The van der Waals surface area contributed by atoms with Gasteiger partial charge >= 0.3 is 0 Å². The van der Waals surface area contributed by atoms with Crippen LogP contribution in [0.1, 0.15) is 19.8 Å². The predicted octanol–water partition coefficient (Wildman–Crippen LogP) is 1.27. The van der Waals surface area contributed by atoms with E-state index < -0.39 is 0 Å². The first-order chi connectivity index (χ1) is 10.1. The molecule has 0 aliphatic heterocycles. The first-order valence-electron chi connectivity index (χ1n) is 7.15. The number of hydrogen-bond acceptors (Lipinski definition) is 3. The number of rotatable bonds is 5. The van der Waals surface area contributed by atoms with Crippen molar-refractivity contribution in [1.29, 1.82) is 0 Å². The lowest BCUT2D eigenvalue weighted by Gasteiger charge is -2.08. The van der Waals surface area contributed by atoms with Gasteiger partial charge in [-0.2, -0.15) is 0 Å². The zero-order valence-electron chi connectivity index (χ0n) is 11.9. The molecule has 1 aromatic heterocycles. The van der Waals surface area contributed by atoms with E-state index in [2.05, 4.69) is 22.7 Å². The van der Waals surface area contributed by atoms with Gasteiger partial charge in [0.1, 0.15) is 6.33 Å². The second-order valence-electron chi connectivity index (χ2n) is 5.50. The van der Waals surface area contributed by atoms with Crippen LogP contribution >= 0.6 is 0 Å². The zero-order chi connectivity index (χ0) is 14.8. The highest BCUT2D eigenvalue weighted by molar-refractivity contribution is 5.87. The number of nitrogens with zero attached hydrogens (tertiary/aromatic N) is 2. The first kappa shape index (κ1) is 13.6. The number of nitrogens with one attached hydrogen (secondary N) is 2. The summed E-state index contributed by atoms with van der Waals surface area (Å²) in [6.45, 7) is 2.42. The van der Waals surface area contributed by atoms with Gasteiger partial charge in [-0.25, -0.2) is 9.66 Å². The molecular weight excluding hydrogens is 268 g/mol. The van der Waals surface area contributed by atoms with Crippen molar-refractivity contribution in [2.24, 2.45) is 11.8 Å². The molecule has 0 spiro atoms. The van der Waals surface area contributed by atoms with Crippen LogP contribution in [0.25, 0.3) is 11.0 Å². The van der Waals surface area contributed by atoms with Gasteiger partial charge in [-0.3, -0.25) is 15.0 Å². The van der Waals surface area contributed by atoms with Crippen LogP contribution in [0.4, 0.5) is 0 Å². The molecule has 110 valence electrons. The standard InChI is InChI=1S/C15H18N4O2/c1-10-8-11(10)15(21)16-7-6-14(20)18-19-9-17-12-4-2-3-5-13(12)19/h2-5,9-11H,6-8H2,1H3,(H,16,21)(H,18,20)/t10-,11+/m0/s1. The largest absolute Gasteiger partial charge is 0.355 e. The van der Waals surface area contributed by atoms with Crippen LogP contribution in [0.5, 0.6) is 0 Å². The van der Waals surface area contributed by atoms with Crippen LogP contribution in [-0.2, 0) is 9.59 Å². The molecule has 0 saturated heterocycles. The fourth-order valence-corrected chi connectivity index (χ4v) is 2.36. The lowest BCUT2D eigenvalue weighted by atomic mass is 10.3. The zero-order valence-corrected chi connectivity index (χ0v) is 11.9. The number of aromatic nitrogens is 2. The molecular formula is C15H18N4O2. The minimum Gasteiger partial charge on any atom is -0.355 e. The Bertz CT molecular complexity index is 679. The molecule has 2 atom stereocenters. The highest BCUT2D eigenvalue weighted by Crippen LogP contribution is 2.37. The van der Waals surface area contributed by atoms with Crippen molar-refractivity contribution < 1.29 is 9.59 Å². The fraction of sp³-hybridized carbons (Fsp3) is 0.400. The van der Waals surface area contributed by atoms with Crippen LogP contribution in [0, 0.1) is 11.8 Å². The Morgan fingerprint density at radius 2 is 2.14 bits per heavy atom. The Kier molecular flexibility index (Phi) is 3.60. The van der Waals surface area contributed by atoms with E-state index in [-0.39, 0.29) is 24.2 Å². The second kappa shape index (κ2) is 5.55. The maximum Gasteiger partial charge on any atom is 0.240 e. The maximum absolute atomic E-state index is 11.9. The third-order valence-electron chi connectivity index (χ3n) is 3.80. The first-order valence-corrected chi connectivity index (χ1v) is 7.15. The van der Waals surface area contributed by atoms with Crippen molar-refractivity contribution in [1.82, 2.24) is 15.0 Å². The van der Waals surface area contributed by atoms with Crippen molar-refractivity contribution in [3.63, 3.8) is 0 Å². The highest BCUT2D eigenvalue weighted by atomic mass is 16.2. The minimum absolute atomic E-state index is 0.0587. The molecule has 1 fully saturated rings. The van der Waals surface area contributed by atoms with Gasteiger partial charge < -0.3 is 5.32 Å². The molecule has 1 heterocycles. The van der Waals surface area contributed by atoms with Crippen molar-refractivity contribution in [3.8, 4) is 0 Å². The Morgan fingerprint density at radius 3 is 2.90 bits per heavy atom. The summed E-state index contributed by atoms with van der Waals surface area (Å²) < 4.78 is 1.60. The molecule has 21 heavy (non-hydrogen) atoms. The molecule has 6 nitrogen and oxygen atoms in total. The molecule has 0 bridgehead atoms. The molecule has 2 N–H and O–H groups in total. The second-order valence-corrected chi connectivity index (χ2v) is 5.50. The summed E-state index contributed by atoms with van der Waals surface area (Å²) >= 11 is 0. The third-order valence-corrected chi connectivity index (χ3v) is 3.80. The van der Waals surface area contributed by atoms with E-state index in [0.29, 0.717) is 12.5 Å². The molecule has 0 radical (unpaired) electrons. The highest BCUT2D eigenvalue weighted by Gasteiger charge is 2.38. The van der Waals surface area contributed by atoms with Crippen LogP contribution in [0.3, 0.4) is 0 Å². The molecule has 2 amide bonds. The molecule has 1 saturated carbocycles. The summed E-state index contributed by atoms with van der Waals surface area (Å²) in [5.74, 6) is 0.535. The van der Waals surface area contributed by atoms with Crippen molar-refractivity contribution in [2.45, 2.75) is 19.8 Å². The summed E-state index contributed by atoms with van der Waals surface area (Å²) in [6, 6.07) is 7.56. The lowest BCUT2D eigenvalue weighted by Crippen LogP contribution is -2.31. The summed E-state index contributed by atoms with van der Waals surface area (Å²) in [4.78, 5) is 27.7. The molecule has 1 aliphatic rings. The lowest BCUT2D eigenvalue weighted by molar-refractivity contribution is -0.122. The van der Waals surface area contributed by atoms with Gasteiger partial charge in [-0.1, -0.05) is 19.1 Å². The van der Waals surface area contributed by atoms with Gasteiger partial charge in [0, 0.05) is 18.9 Å². The van der Waals surface area contributed by atoms with Crippen LogP contribution < -0.4 is 10.7 Å². The summed E-state index contributed by atoms with van der Waals surface area (Å²) in [5.41, 5.74) is 4.43. The van der Waals surface area contributed by atoms with Crippen molar-refractivity contribution in [2.75, 3.05) is 12.0 Å². The Morgan fingerprint density at radius 1 is 1.38 bits per heavy atom. The van der Waals surface area contributed by atoms with Crippen LogP contribution in [0.2, 0.25) is 0 Å². The van der Waals surface area contributed by atoms with E-state index in [1.165, 1.54) is 0 Å². The average molecular weight is 286 g/mol. The number of hydrogen-bond donors (Lipinski definition) is 2. The minimum atomic E-state index is -0.151. The summed E-state index contributed by atoms with van der Waals surface area (Å²) in [7, 11) is 0. The fourth-order valence-electron chi connectivity index (χ4n) is 2.36. The molecule has 1 aliphatic carbocycles. The van der Waals surface area contributed by atoms with Crippen LogP contribution in [-0.4, -0.2) is 28.0 Å². The van der Waals surface area contributed by atoms with Crippen molar-refractivity contribution >= 4 is 22.8 Å². The number of para-hydroxylation sites is 2. The normalized spacial score (nSPS) is 20.2. The van der Waals surface area contributed by atoms with E-state index in [1.807, 2.05) is 24.3 Å². The summed E-state index contributed by atoms with van der Waals surface area (Å²) in [6.07, 6.45) is 2.78. The summed E-state index contributed by atoms with van der Waals surface area (Å²) in [5, 5.41) is 2.80. The Hall–Kier alpha value is -2.37. The van der Waals surface area contributed by atoms with Gasteiger partial charge in [0.05, 0.1) is 11.0 Å². The van der Waals surface area contributed by atoms with E-state index in [0.717, 1.165) is 17.5 Å². The van der Waals surface area contributed by atoms with E-state index in [4.69, 9.17) is 0 Å². The number of imidazole rings is 1. The Labute approximate surface area is 122 Å². The van der Waals surface area contributed by atoms with E-state index >= 15 is 0 Å². The molecule has 3 rings (SSSR count). The predicted molar refractivity (Wildman–Crippen MR) is 79.0 cm³/mol. The topological polar surface area (TPSA) is 76.0 Å². The van der Waals surface area contributed by atoms with Gasteiger partial charge in [0.15, 0.2) is 0 Å². The molecule has 0 unspecified atom stereocenters. The number of fused-ring (bicyclic) bond motifs is 1. The van der Waals surface area contributed by atoms with E-state index in [9.17, 15) is 9.59 Å². The quantitative estimate of drug-likeness (QED) is 0.869. The van der Waals surface area contributed by atoms with Gasteiger partial charge in [0.25, 0.3) is 0 Å². The van der Waals surface area contributed by atoms with Gasteiger partial charge in [0.2, 0.25) is 11.8 Å². The number of carbonyl (C=O) groups is 2. The molecule has 6 heteroatoms. The number of benzene rings is 1. The smallest absolute Gasteiger partial charge is 0.240 e. The molecule has 1 aromatic carbocycles. The monoisotopic (exact) mass is 286 g/mol.